The number of aliphatic hydroxyl groups excluding tert-OH is 1. The van der Waals surface area contributed by atoms with Gasteiger partial charge in [-0.2, -0.15) is 0 Å². The Kier molecular flexibility index (Phi) is 11.6. The second-order valence-electron chi connectivity index (χ2n) is 8.71. The van der Waals surface area contributed by atoms with E-state index in [2.05, 4.69) is 20.7 Å². The molecule has 0 aromatic heterocycles. The van der Waals surface area contributed by atoms with Gasteiger partial charge in [-0.25, -0.2) is 18.4 Å². The first-order valence-corrected chi connectivity index (χ1v) is 13.6. The third kappa shape index (κ3) is 7.51. The largest absolute Gasteiger partial charge is 0.497 e. The zero-order chi connectivity index (χ0) is 30.8. The van der Waals surface area contributed by atoms with E-state index in [9.17, 15) is 23.5 Å². The molecule has 0 saturated heterocycles. The van der Waals surface area contributed by atoms with Crippen LogP contribution in [0.15, 0.2) is 72.8 Å². The number of aliphatic hydroxyl groups is 1. The molecule has 4 aromatic rings. The highest BCUT2D eigenvalue weighted by molar-refractivity contribution is 9.08. The molecule has 0 fully saturated rings. The molecule has 4 rings (SSSR count). The molecule has 1 N–H and O–H groups in total. The van der Waals surface area contributed by atoms with Gasteiger partial charge in [0, 0.05) is 16.5 Å². The second kappa shape index (κ2) is 15.1. The van der Waals surface area contributed by atoms with Crippen molar-refractivity contribution in [2.24, 2.45) is 0 Å². The fraction of sp³-hybridized carbons (Fsp3) is 0.188. The maximum Gasteiger partial charge on any atom is 0.337 e. The smallest absolute Gasteiger partial charge is 0.337 e. The monoisotopic (exact) mass is 642 g/mol. The lowest BCUT2D eigenvalue weighted by Gasteiger charge is -2.11. The Morgan fingerprint density at radius 2 is 1.07 bits per heavy atom. The maximum absolute atomic E-state index is 14.1. The van der Waals surface area contributed by atoms with Gasteiger partial charge >= 0.3 is 11.9 Å². The van der Waals surface area contributed by atoms with Crippen molar-refractivity contribution in [3.8, 4) is 33.8 Å². The van der Waals surface area contributed by atoms with E-state index in [0.29, 0.717) is 55.8 Å². The number of rotatable bonds is 8. The van der Waals surface area contributed by atoms with Crippen molar-refractivity contribution in [1.29, 1.82) is 0 Å². The molecule has 0 amide bonds. The maximum atomic E-state index is 14.1. The van der Waals surface area contributed by atoms with E-state index >= 15 is 0 Å². The first kappa shape index (κ1) is 32.2. The van der Waals surface area contributed by atoms with Crippen molar-refractivity contribution >= 4 is 27.9 Å². The number of halogens is 3. The molecule has 4 aromatic carbocycles. The Labute approximate surface area is 250 Å². The van der Waals surface area contributed by atoms with Crippen LogP contribution in [-0.4, -0.2) is 45.5 Å². The summed E-state index contributed by atoms with van der Waals surface area (Å²) in [5.74, 6) is -0.631. The number of hydrogen-bond donors (Lipinski definition) is 1. The standard InChI is InChI=1S/C16H14BrFO3.C16H15FO4/c1-20-12-4-6-15(18)14(8-12)13-5-3-10(16(19)21-2)7-11(13)9-17;1-20-12-4-6-15(17)14(8-12)13-5-3-10(16(19)21-2)7-11(13)9-18/h3-8H,9H2,1-2H3;3-8,18H,9H2,1-2H3. The van der Waals surface area contributed by atoms with Crippen LogP contribution >= 0.6 is 15.9 Å². The SMILES string of the molecule is COC(=O)c1ccc(-c2cc(OC)ccc2F)c(CBr)c1.COC(=O)c1ccc(-c2cc(OC)ccc2F)c(CO)c1. The van der Waals surface area contributed by atoms with Crippen LogP contribution in [0.25, 0.3) is 22.3 Å². The third-order valence-electron chi connectivity index (χ3n) is 6.29. The van der Waals surface area contributed by atoms with E-state index in [0.717, 1.165) is 5.56 Å². The zero-order valence-electron chi connectivity index (χ0n) is 23.4. The van der Waals surface area contributed by atoms with Gasteiger partial charge in [-0.3, -0.25) is 0 Å². The number of alkyl halides is 1. The average Bonchev–Trinajstić information content (AvgIpc) is 3.04. The molecule has 0 aliphatic carbocycles. The Hall–Kier alpha value is -4.28. The second-order valence-corrected chi connectivity index (χ2v) is 9.27. The molecule has 7 nitrogen and oxygen atoms in total. The first-order valence-electron chi connectivity index (χ1n) is 12.5. The van der Waals surface area contributed by atoms with Crippen LogP contribution in [0.1, 0.15) is 31.8 Å². The summed E-state index contributed by atoms with van der Waals surface area (Å²) in [6.45, 7) is -0.323. The summed E-state index contributed by atoms with van der Waals surface area (Å²) in [5, 5.41) is 9.96. The van der Waals surface area contributed by atoms with Crippen LogP contribution in [0.2, 0.25) is 0 Å². The molecule has 0 spiro atoms. The predicted molar refractivity (Wildman–Crippen MR) is 158 cm³/mol. The van der Waals surface area contributed by atoms with Crippen LogP contribution in [0, 0.1) is 11.6 Å². The van der Waals surface area contributed by atoms with Gasteiger partial charge in [0.05, 0.1) is 46.2 Å². The molecule has 0 aliphatic heterocycles. The molecule has 0 aliphatic rings. The van der Waals surface area contributed by atoms with Gasteiger partial charge in [0.1, 0.15) is 23.1 Å². The van der Waals surface area contributed by atoms with E-state index in [-0.39, 0.29) is 12.4 Å². The number of methoxy groups -OCH3 is 4. The van der Waals surface area contributed by atoms with E-state index in [4.69, 9.17) is 14.2 Å². The lowest BCUT2D eigenvalue weighted by atomic mass is 9.97. The Morgan fingerprint density at radius 3 is 1.45 bits per heavy atom. The van der Waals surface area contributed by atoms with Gasteiger partial charge in [-0.15, -0.1) is 0 Å². The van der Waals surface area contributed by atoms with Crippen LogP contribution < -0.4 is 9.47 Å². The van der Waals surface area contributed by atoms with Crippen LogP contribution in [-0.2, 0) is 21.4 Å². The van der Waals surface area contributed by atoms with Gasteiger partial charge in [0.25, 0.3) is 0 Å². The van der Waals surface area contributed by atoms with Gasteiger partial charge < -0.3 is 24.1 Å². The number of benzene rings is 4. The minimum Gasteiger partial charge on any atom is -0.497 e. The highest BCUT2D eigenvalue weighted by atomic mass is 79.9. The van der Waals surface area contributed by atoms with Gasteiger partial charge in [0.15, 0.2) is 0 Å². The normalized spacial score (nSPS) is 10.3. The fourth-order valence-electron chi connectivity index (χ4n) is 4.12. The summed E-state index contributed by atoms with van der Waals surface area (Å²) < 4.78 is 47.6. The van der Waals surface area contributed by atoms with E-state index in [1.165, 1.54) is 58.8 Å². The van der Waals surface area contributed by atoms with Crippen LogP contribution in [0.4, 0.5) is 8.78 Å². The van der Waals surface area contributed by atoms with Gasteiger partial charge in [0.2, 0.25) is 0 Å². The lowest BCUT2D eigenvalue weighted by molar-refractivity contribution is 0.0591. The molecule has 0 radical (unpaired) electrons. The molecule has 42 heavy (non-hydrogen) atoms. The van der Waals surface area contributed by atoms with Crippen LogP contribution in [0.5, 0.6) is 11.5 Å². The summed E-state index contributed by atoms with van der Waals surface area (Å²) in [6, 6.07) is 18.5. The first-order chi connectivity index (χ1) is 20.2. The van der Waals surface area contributed by atoms with Gasteiger partial charge in [-0.05, 0) is 82.9 Å². The predicted octanol–water partition coefficient (Wildman–Crippen LogP) is 6.96. The molecule has 0 saturated carbocycles. The summed E-state index contributed by atoms with van der Waals surface area (Å²) in [5.41, 5.74) is 3.90. The van der Waals surface area contributed by atoms with E-state index in [1.54, 1.807) is 42.5 Å². The third-order valence-corrected chi connectivity index (χ3v) is 6.90. The Morgan fingerprint density at radius 1 is 0.643 bits per heavy atom. The quantitative estimate of drug-likeness (QED) is 0.164. The summed E-state index contributed by atoms with van der Waals surface area (Å²) in [6.07, 6.45) is 0. The highest BCUT2D eigenvalue weighted by Gasteiger charge is 2.15. The van der Waals surface area contributed by atoms with Gasteiger partial charge in [-0.1, -0.05) is 28.1 Å². The number of hydrogen-bond acceptors (Lipinski definition) is 7. The molecular weight excluding hydrogens is 614 g/mol. The van der Waals surface area contributed by atoms with Crippen molar-refractivity contribution < 1.29 is 42.4 Å². The lowest BCUT2D eigenvalue weighted by Crippen LogP contribution is -2.03. The van der Waals surface area contributed by atoms with Crippen molar-refractivity contribution in [3.05, 3.63) is 107 Å². The molecule has 220 valence electrons. The molecular formula is C32H29BrF2O7. The topological polar surface area (TPSA) is 91.3 Å². The minimum absolute atomic E-state index is 0.300. The van der Waals surface area contributed by atoms with E-state index in [1.807, 2.05) is 0 Å². The van der Waals surface area contributed by atoms with Crippen LogP contribution in [0.3, 0.4) is 0 Å². The fourth-order valence-corrected chi connectivity index (χ4v) is 4.58. The molecule has 0 atom stereocenters. The average molecular weight is 643 g/mol. The van der Waals surface area contributed by atoms with Crippen molar-refractivity contribution in [3.63, 3.8) is 0 Å². The van der Waals surface area contributed by atoms with Crippen molar-refractivity contribution in [1.82, 2.24) is 0 Å². The zero-order valence-corrected chi connectivity index (χ0v) is 25.0. The Balaban J connectivity index is 0.000000230. The number of ether oxygens (including phenoxy) is 4. The minimum atomic E-state index is -0.512. The molecule has 10 heteroatoms. The molecule has 0 heterocycles. The molecule has 0 unspecified atom stereocenters. The number of esters is 2. The number of carbonyl (C=O) groups is 2. The van der Waals surface area contributed by atoms with Crippen molar-refractivity contribution in [2.75, 3.05) is 28.4 Å². The summed E-state index contributed by atoms with van der Waals surface area (Å²) in [4.78, 5) is 23.1. The number of carbonyl (C=O) groups excluding carboxylic acids is 2. The van der Waals surface area contributed by atoms with Crippen molar-refractivity contribution in [2.45, 2.75) is 11.9 Å². The van der Waals surface area contributed by atoms with E-state index < -0.39 is 17.8 Å². The Bertz CT molecular complexity index is 1460. The summed E-state index contributed by atoms with van der Waals surface area (Å²) >= 11 is 3.37. The summed E-state index contributed by atoms with van der Waals surface area (Å²) in [7, 11) is 5.62. The molecule has 0 bridgehead atoms. The highest BCUT2D eigenvalue weighted by Crippen LogP contribution is 2.32.